The zero-order valence-electron chi connectivity index (χ0n) is 21.1. The molecule has 0 saturated carbocycles. The second kappa shape index (κ2) is 13.1. The molecule has 1 aromatic heterocycles. The van der Waals surface area contributed by atoms with Crippen LogP contribution < -0.4 is 4.90 Å². The van der Waals surface area contributed by atoms with Crippen molar-refractivity contribution in [2.24, 2.45) is 0 Å². The molecule has 0 aliphatic heterocycles. The van der Waals surface area contributed by atoms with Crippen molar-refractivity contribution in [1.29, 1.82) is 0 Å². The number of furan rings is 1. The predicted molar refractivity (Wildman–Crippen MR) is 147 cm³/mol. The van der Waals surface area contributed by atoms with E-state index in [1.807, 2.05) is 72.1 Å². The van der Waals surface area contributed by atoms with Crippen LogP contribution in [0.2, 0.25) is 0 Å². The predicted octanol–water partition coefficient (Wildman–Crippen LogP) is 9.37. The maximum absolute atomic E-state index is 6.08. The third-order valence-corrected chi connectivity index (χ3v) is 5.01. The zero-order chi connectivity index (χ0) is 24.2. The molecule has 0 aliphatic carbocycles. The minimum Gasteiger partial charge on any atom is -0.455 e. The van der Waals surface area contributed by atoms with Gasteiger partial charge < -0.3 is 9.32 Å². The summed E-state index contributed by atoms with van der Waals surface area (Å²) in [4.78, 5) is 2.08. The van der Waals surface area contributed by atoms with E-state index in [0.29, 0.717) is 0 Å². The van der Waals surface area contributed by atoms with Crippen molar-refractivity contribution >= 4 is 27.6 Å². The van der Waals surface area contributed by atoms with Crippen molar-refractivity contribution in [2.75, 3.05) is 19.0 Å². The van der Waals surface area contributed by atoms with Gasteiger partial charge in [-0.25, -0.2) is 0 Å². The van der Waals surface area contributed by atoms with Crippen molar-refractivity contribution in [3.05, 3.63) is 103 Å². The standard InChI is InChI=1S/C19H14O.C8H11N.2C2H6/c1-13-6-4-7-14(12-13)15-9-5-10-17-16-8-2-3-11-18(16)20-19(15)17;1-9(2)8-6-4-3-5-7-8;2*1-2/h2-12H,1H3;3-7H,1-2H3;2*1-2H3. The van der Waals surface area contributed by atoms with Gasteiger partial charge in [0.15, 0.2) is 0 Å². The van der Waals surface area contributed by atoms with Crippen molar-refractivity contribution in [3.8, 4) is 11.1 Å². The number of nitrogens with zero attached hydrogens (tertiary/aromatic N) is 1. The molecule has 2 heteroatoms. The fraction of sp³-hybridized carbons (Fsp3) is 0.226. The maximum Gasteiger partial charge on any atom is 0.143 e. The monoisotopic (exact) mass is 439 g/mol. The average Bonchev–Trinajstić information content (AvgIpc) is 3.26. The second-order valence-corrected chi connectivity index (χ2v) is 7.38. The van der Waals surface area contributed by atoms with Gasteiger partial charge >= 0.3 is 0 Å². The number of fused-ring (bicyclic) bond motifs is 3. The molecule has 172 valence electrons. The number of hydrogen-bond donors (Lipinski definition) is 0. The Morgan fingerprint density at radius 2 is 1.21 bits per heavy atom. The van der Waals surface area contributed by atoms with Gasteiger partial charge in [-0.15, -0.1) is 0 Å². The molecule has 0 unspecified atom stereocenters. The average molecular weight is 440 g/mol. The van der Waals surface area contributed by atoms with E-state index in [1.165, 1.54) is 27.6 Å². The Kier molecular flexibility index (Phi) is 10.2. The van der Waals surface area contributed by atoms with Gasteiger partial charge in [-0.1, -0.05) is 112 Å². The molecule has 2 nitrogen and oxygen atoms in total. The Labute approximate surface area is 199 Å². The molecule has 0 bridgehead atoms. The normalized spacial score (nSPS) is 9.67. The summed E-state index contributed by atoms with van der Waals surface area (Å²) in [5.41, 5.74) is 6.78. The van der Waals surface area contributed by atoms with E-state index in [9.17, 15) is 0 Å². The molecule has 0 fully saturated rings. The van der Waals surface area contributed by atoms with E-state index < -0.39 is 0 Å². The lowest BCUT2D eigenvalue weighted by Crippen LogP contribution is -2.07. The molecule has 0 saturated heterocycles. The van der Waals surface area contributed by atoms with Crippen LogP contribution in [0.1, 0.15) is 33.3 Å². The molecule has 5 rings (SSSR count). The maximum atomic E-state index is 6.08. The van der Waals surface area contributed by atoms with E-state index in [1.54, 1.807) is 0 Å². The number of para-hydroxylation sites is 3. The van der Waals surface area contributed by atoms with Gasteiger partial charge in [-0.2, -0.15) is 0 Å². The van der Waals surface area contributed by atoms with Crippen LogP contribution in [-0.2, 0) is 0 Å². The molecule has 33 heavy (non-hydrogen) atoms. The highest BCUT2D eigenvalue weighted by molar-refractivity contribution is 6.09. The molecule has 0 amide bonds. The fourth-order valence-corrected chi connectivity index (χ4v) is 3.51. The van der Waals surface area contributed by atoms with Crippen molar-refractivity contribution in [1.82, 2.24) is 0 Å². The van der Waals surface area contributed by atoms with Crippen molar-refractivity contribution < 1.29 is 4.42 Å². The molecular formula is C31H37NO. The Bertz CT molecular complexity index is 1240. The largest absolute Gasteiger partial charge is 0.455 e. The number of anilines is 1. The highest BCUT2D eigenvalue weighted by Gasteiger charge is 2.11. The summed E-state index contributed by atoms with van der Waals surface area (Å²) in [6, 6.07) is 33.3. The van der Waals surface area contributed by atoms with E-state index in [0.717, 1.165) is 16.7 Å². The van der Waals surface area contributed by atoms with Gasteiger partial charge in [-0.05, 0) is 30.7 Å². The fourth-order valence-electron chi connectivity index (χ4n) is 3.51. The molecule has 0 radical (unpaired) electrons. The topological polar surface area (TPSA) is 16.4 Å². The van der Waals surface area contributed by atoms with Gasteiger partial charge in [0, 0.05) is 36.1 Å². The summed E-state index contributed by atoms with van der Waals surface area (Å²) in [5.74, 6) is 0. The summed E-state index contributed by atoms with van der Waals surface area (Å²) in [6.07, 6.45) is 0. The Morgan fingerprint density at radius 1 is 0.606 bits per heavy atom. The number of benzene rings is 4. The van der Waals surface area contributed by atoms with Crippen LogP contribution in [0.3, 0.4) is 0 Å². The molecule has 0 spiro atoms. The molecular weight excluding hydrogens is 402 g/mol. The molecule has 4 aromatic carbocycles. The second-order valence-electron chi connectivity index (χ2n) is 7.38. The smallest absolute Gasteiger partial charge is 0.143 e. The minimum atomic E-state index is 0.947. The molecule has 5 aromatic rings. The van der Waals surface area contributed by atoms with E-state index in [-0.39, 0.29) is 0 Å². The first-order valence-electron chi connectivity index (χ1n) is 11.8. The first-order valence-corrected chi connectivity index (χ1v) is 11.8. The van der Waals surface area contributed by atoms with Crippen LogP contribution in [-0.4, -0.2) is 14.1 Å². The number of hydrogen-bond acceptors (Lipinski definition) is 2. The molecule has 0 atom stereocenters. The number of aryl methyl sites for hydroxylation is 1. The Morgan fingerprint density at radius 3 is 1.85 bits per heavy atom. The molecule has 1 heterocycles. The van der Waals surface area contributed by atoms with E-state index in [2.05, 4.69) is 78.6 Å². The summed E-state index contributed by atoms with van der Waals surface area (Å²) in [7, 11) is 4.07. The lowest BCUT2D eigenvalue weighted by atomic mass is 10.0. The highest BCUT2D eigenvalue weighted by Crippen LogP contribution is 2.35. The van der Waals surface area contributed by atoms with Crippen molar-refractivity contribution in [3.63, 3.8) is 0 Å². The summed E-state index contributed by atoms with van der Waals surface area (Å²) in [5, 5.41) is 2.36. The van der Waals surface area contributed by atoms with Gasteiger partial charge in [0.05, 0.1) is 0 Å². The first kappa shape index (κ1) is 25.7. The lowest BCUT2D eigenvalue weighted by Gasteiger charge is -2.10. The Hall–Kier alpha value is -3.52. The third-order valence-electron chi connectivity index (χ3n) is 5.01. The van der Waals surface area contributed by atoms with Gasteiger partial charge in [-0.3, -0.25) is 0 Å². The minimum absolute atomic E-state index is 0.947. The van der Waals surface area contributed by atoms with Crippen LogP contribution in [0.25, 0.3) is 33.1 Å². The highest BCUT2D eigenvalue weighted by atomic mass is 16.3. The SMILES string of the molecule is CC.CC.CN(C)c1ccccc1.Cc1cccc(-c2cccc3c2oc2ccccc23)c1. The van der Waals surface area contributed by atoms with Crippen LogP contribution in [0.15, 0.2) is 101 Å². The van der Waals surface area contributed by atoms with Gasteiger partial charge in [0.1, 0.15) is 11.2 Å². The number of rotatable bonds is 2. The third kappa shape index (κ3) is 6.49. The zero-order valence-corrected chi connectivity index (χ0v) is 21.1. The molecule has 0 N–H and O–H groups in total. The Balaban J connectivity index is 0.000000250. The van der Waals surface area contributed by atoms with Crippen LogP contribution in [0.4, 0.5) is 5.69 Å². The molecule has 0 aliphatic rings. The van der Waals surface area contributed by atoms with E-state index in [4.69, 9.17) is 4.42 Å². The summed E-state index contributed by atoms with van der Waals surface area (Å²) >= 11 is 0. The first-order chi connectivity index (χ1) is 16.1. The lowest BCUT2D eigenvalue weighted by molar-refractivity contribution is 0.670. The van der Waals surface area contributed by atoms with Crippen LogP contribution in [0, 0.1) is 6.92 Å². The van der Waals surface area contributed by atoms with Crippen LogP contribution in [0.5, 0.6) is 0 Å². The quantitative estimate of drug-likeness (QED) is 0.272. The summed E-state index contributed by atoms with van der Waals surface area (Å²) in [6.45, 7) is 10.1. The van der Waals surface area contributed by atoms with Gasteiger partial charge in [0.25, 0.3) is 0 Å². The van der Waals surface area contributed by atoms with Crippen LogP contribution >= 0.6 is 0 Å². The van der Waals surface area contributed by atoms with E-state index >= 15 is 0 Å². The summed E-state index contributed by atoms with van der Waals surface area (Å²) < 4.78 is 6.08. The van der Waals surface area contributed by atoms with Gasteiger partial charge in [0.2, 0.25) is 0 Å². The van der Waals surface area contributed by atoms with Crippen molar-refractivity contribution in [2.45, 2.75) is 34.6 Å².